The molecule has 0 spiro atoms. The number of benzene rings is 1. The second kappa shape index (κ2) is 6.61. The van der Waals surface area contributed by atoms with E-state index < -0.39 is 18.8 Å². The lowest BCUT2D eigenvalue weighted by atomic mass is 10.1. The Morgan fingerprint density at radius 2 is 2.06 bits per heavy atom. The molecule has 0 saturated heterocycles. The maximum Gasteiger partial charge on any atom is 0.255 e. The summed E-state index contributed by atoms with van der Waals surface area (Å²) in [5, 5.41) is 8.82. The Hall–Kier alpha value is -1.27. The first-order chi connectivity index (χ1) is 8.45. The predicted molar refractivity (Wildman–Crippen MR) is 64.3 cm³/mol. The summed E-state index contributed by atoms with van der Waals surface area (Å²) >= 11 is 0. The van der Waals surface area contributed by atoms with Gasteiger partial charge in [0.2, 0.25) is 0 Å². The van der Waals surface area contributed by atoms with E-state index in [1.54, 1.807) is 13.0 Å². The van der Waals surface area contributed by atoms with E-state index in [1.807, 2.05) is 0 Å². The van der Waals surface area contributed by atoms with Crippen LogP contribution in [0.3, 0.4) is 0 Å². The molecule has 0 amide bonds. The number of nitrogens with two attached hydrogens (primary N) is 1. The highest BCUT2D eigenvalue weighted by Crippen LogP contribution is 2.23. The molecular formula is C12H17F3N2O. The molecule has 3 N–H and O–H groups in total. The summed E-state index contributed by atoms with van der Waals surface area (Å²) in [4.78, 5) is 1.12. The van der Waals surface area contributed by atoms with Gasteiger partial charge in [0.25, 0.3) is 6.43 Å². The second-order valence-corrected chi connectivity index (χ2v) is 4.06. The number of aliphatic hydroxyl groups excluding tert-OH is 1. The molecule has 0 aliphatic carbocycles. The first-order valence-corrected chi connectivity index (χ1v) is 5.64. The zero-order valence-corrected chi connectivity index (χ0v) is 10.1. The second-order valence-electron chi connectivity index (χ2n) is 4.06. The SMILES string of the molecule is C[C@H](N)c1ccc(N(CCO)CC(F)F)c(F)c1. The number of rotatable bonds is 6. The quantitative estimate of drug-likeness (QED) is 0.823. The first-order valence-electron chi connectivity index (χ1n) is 5.64. The molecule has 0 aromatic heterocycles. The summed E-state index contributed by atoms with van der Waals surface area (Å²) in [6, 6.07) is 3.91. The number of hydrogen-bond donors (Lipinski definition) is 2. The lowest BCUT2D eigenvalue weighted by Crippen LogP contribution is -2.32. The summed E-state index contributed by atoms with van der Waals surface area (Å²) in [6.07, 6.45) is -2.59. The van der Waals surface area contributed by atoms with Crippen LogP contribution in [0.2, 0.25) is 0 Å². The van der Waals surface area contributed by atoms with E-state index in [9.17, 15) is 13.2 Å². The largest absolute Gasteiger partial charge is 0.395 e. The van der Waals surface area contributed by atoms with Gasteiger partial charge in [-0.3, -0.25) is 0 Å². The van der Waals surface area contributed by atoms with Crippen LogP contribution in [0.25, 0.3) is 0 Å². The van der Waals surface area contributed by atoms with Crippen molar-refractivity contribution in [3.8, 4) is 0 Å². The molecule has 0 saturated carbocycles. The highest BCUT2D eigenvalue weighted by atomic mass is 19.3. The standard InChI is InChI=1S/C12H17F3N2O/c1-8(16)9-2-3-11(10(13)6-9)17(4-5-18)7-12(14)15/h2-3,6,8,12,18H,4-5,7,16H2,1H3/t8-/m0/s1. The molecule has 1 atom stereocenters. The van der Waals surface area contributed by atoms with Gasteiger partial charge in [0.05, 0.1) is 18.8 Å². The van der Waals surface area contributed by atoms with Crippen LogP contribution in [0.1, 0.15) is 18.5 Å². The molecule has 1 rings (SSSR count). The van der Waals surface area contributed by atoms with Crippen molar-refractivity contribution in [3.63, 3.8) is 0 Å². The van der Waals surface area contributed by atoms with Crippen LogP contribution in [0, 0.1) is 5.82 Å². The summed E-state index contributed by atoms with van der Waals surface area (Å²) in [7, 11) is 0. The van der Waals surface area contributed by atoms with Crippen LogP contribution in [-0.2, 0) is 0 Å². The Bertz CT molecular complexity index is 386. The van der Waals surface area contributed by atoms with E-state index >= 15 is 0 Å². The minimum absolute atomic E-state index is 0.0429. The van der Waals surface area contributed by atoms with E-state index in [0.29, 0.717) is 5.56 Å². The Morgan fingerprint density at radius 3 is 2.50 bits per heavy atom. The van der Waals surface area contributed by atoms with Gasteiger partial charge in [-0.05, 0) is 24.6 Å². The monoisotopic (exact) mass is 262 g/mol. The van der Waals surface area contributed by atoms with Crippen LogP contribution in [0.15, 0.2) is 18.2 Å². The van der Waals surface area contributed by atoms with Crippen molar-refractivity contribution in [2.24, 2.45) is 5.73 Å². The van der Waals surface area contributed by atoms with Gasteiger partial charge in [0.15, 0.2) is 0 Å². The molecule has 0 fully saturated rings. The smallest absolute Gasteiger partial charge is 0.255 e. The molecule has 1 aromatic carbocycles. The maximum absolute atomic E-state index is 13.8. The highest BCUT2D eigenvalue weighted by Gasteiger charge is 2.16. The van der Waals surface area contributed by atoms with Crippen molar-refractivity contribution in [1.29, 1.82) is 0 Å². The van der Waals surface area contributed by atoms with Gasteiger partial charge >= 0.3 is 0 Å². The van der Waals surface area contributed by atoms with Crippen molar-refractivity contribution in [2.45, 2.75) is 19.4 Å². The molecule has 0 unspecified atom stereocenters. The minimum atomic E-state index is -2.59. The van der Waals surface area contributed by atoms with Crippen LogP contribution in [-0.4, -0.2) is 31.2 Å². The lowest BCUT2D eigenvalue weighted by molar-refractivity contribution is 0.152. The number of aliphatic hydroxyl groups is 1. The normalized spacial score (nSPS) is 12.8. The molecule has 6 heteroatoms. The molecule has 0 aliphatic heterocycles. The topological polar surface area (TPSA) is 49.5 Å². The molecule has 18 heavy (non-hydrogen) atoms. The molecule has 0 aliphatic rings. The Balaban J connectivity index is 2.97. The van der Waals surface area contributed by atoms with Crippen LogP contribution >= 0.6 is 0 Å². The van der Waals surface area contributed by atoms with Crippen molar-refractivity contribution >= 4 is 5.69 Å². The van der Waals surface area contributed by atoms with E-state index in [0.717, 1.165) is 4.90 Å². The molecule has 0 heterocycles. The number of alkyl halides is 2. The molecule has 0 bridgehead atoms. The molecule has 0 radical (unpaired) electrons. The average molecular weight is 262 g/mol. The van der Waals surface area contributed by atoms with Gasteiger partial charge in [-0.1, -0.05) is 6.07 Å². The molecular weight excluding hydrogens is 245 g/mol. The van der Waals surface area contributed by atoms with Crippen LogP contribution in [0.4, 0.5) is 18.9 Å². The minimum Gasteiger partial charge on any atom is -0.395 e. The summed E-state index contributed by atoms with van der Waals surface area (Å²) < 4.78 is 38.5. The van der Waals surface area contributed by atoms with E-state index in [1.165, 1.54) is 12.1 Å². The van der Waals surface area contributed by atoms with Gasteiger partial charge in [-0.2, -0.15) is 0 Å². The average Bonchev–Trinajstić information content (AvgIpc) is 2.27. The third-order valence-corrected chi connectivity index (χ3v) is 2.57. The summed E-state index contributed by atoms with van der Waals surface area (Å²) in [6.45, 7) is 0.730. The number of halogens is 3. The lowest BCUT2D eigenvalue weighted by Gasteiger charge is -2.24. The summed E-state index contributed by atoms with van der Waals surface area (Å²) in [5.41, 5.74) is 6.25. The highest BCUT2D eigenvalue weighted by molar-refractivity contribution is 5.49. The fraction of sp³-hybridized carbons (Fsp3) is 0.500. The third-order valence-electron chi connectivity index (χ3n) is 2.57. The van der Waals surface area contributed by atoms with E-state index in [-0.39, 0.29) is 24.9 Å². The molecule has 1 aromatic rings. The van der Waals surface area contributed by atoms with Crippen molar-refractivity contribution in [3.05, 3.63) is 29.6 Å². The van der Waals surface area contributed by atoms with Crippen molar-refractivity contribution < 1.29 is 18.3 Å². The first kappa shape index (κ1) is 14.8. The van der Waals surface area contributed by atoms with E-state index in [2.05, 4.69) is 0 Å². The third kappa shape index (κ3) is 3.89. The van der Waals surface area contributed by atoms with Crippen molar-refractivity contribution in [2.75, 3.05) is 24.6 Å². The zero-order chi connectivity index (χ0) is 13.7. The number of hydrogen-bond acceptors (Lipinski definition) is 3. The van der Waals surface area contributed by atoms with E-state index in [4.69, 9.17) is 10.8 Å². The van der Waals surface area contributed by atoms with Crippen LogP contribution < -0.4 is 10.6 Å². The fourth-order valence-corrected chi connectivity index (χ4v) is 1.66. The van der Waals surface area contributed by atoms with Gasteiger partial charge in [-0.15, -0.1) is 0 Å². The zero-order valence-electron chi connectivity index (χ0n) is 10.1. The number of nitrogens with zero attached hydrogens (tertiary/aromatic N) is 1. The van der Waals surface area contributed by atoms with Gasteiger partial charge < -0.3 is 15.7 Å². The fourth-order valence-electron chi connectivity index (χ4n) is 1.66. The summed E-state index contributed by atoms with van der Waals surface area (Å²) in [5.74, 6) is -0.612. The van der Waals surface area contributed by atoms with Crippen LogP contribution in [0.5, 0.6) is 0 Å². The van der Waals surface area contributed by atoms with Gasteiger partial charge in [-0.25, -0.2) is 13.2 Å². The van der Waals surface area contributed by atoms with Gasteiger partial charge in [0.1, 0.15) is 5.82 Å². The Labute approximate surface area is 104 Å². The maximum atomic E-state index is 13.8. The molecule has 102 valence electrons. The van der Waals surface area contributed by atoms with Crippen molar-refractivity contribution in [1.82, 2.24) is 0 Å². The molecule has 3 nitrogen and oxygen atoms in total. The number of anilines is 1. The van der Waals surface area contributed by atoms with Gasteiger partial charge in [0, 0.05) is 12.6 Å². The predicted octanol–water partition coefficient (Wildman–Crippen LogP) is 1.91. The Morgan fingerprint density at radius 1 is 1.39 bits per heavy atom. The Kier molecular flexibility index (Phi) is 5.43.